The van der Waals surface area contributed by atoms with Crippen molar-refractivity contribution in [3.8, 4) is 5.75 Å². The molecule has 2 rings (SSSR count). The van der Waals surface area contributed by atoms with E-state index in [0.29, 0.717) is 12.2 Å². The summed E-state index contributed by atoms with van der Waals surface area (Å²) >= 11 is 0. The predicted molar refractivity (Wildman–Crippen MR) is 114 cm³/mol. The minimum Gasteiger partial charge on any atom is -0.496 e. The van der Waals surface area contributed by atoms with E-state index < -0.39 is 29.6 Å². The molecule has 2 aromatic rings. The van der Waals surface area contributed by atoms with Gasteiger partial charge in [0.05, 0.1) is 7.11 Å². The van der Waals surface area contributed by atoms with E-state index in [-0.39, 0.29) is 6.42 Å². The molecule has 2 aromatic carbocycles. The number of aliphatic carboxylic acids is 1. The number of ether oxygens (including phenoxy) is 2. The number of rotatable bonds is 10. The molecule has 162 valence electrons. The van der Waals surface area contributed by atoms with Gasteiger partial charge in [-0.2, -0.15) is 0 Å². The van der Waals surface area contributed by atoms with Gasteiger partial charge in [0, 0.05) is 6.42 Å². The summed E-state index contributed by atoms with van der Waals surface area (Å²) in [6.45, 7) is 5.37. The number of benzene rings is 2. The number of carboxylic acids is 1. The summed E-state index contributed by atoms with van der Waals surface area (Å²) in [7, 11) is 1.54. The number of nitrogens with one attached hydrogen (secondary N) is 2. The molecule has 0 amide bonds. The fourth-order valence-corrected chi connectivity index (χ4v) is 2.91. The van der Waals surface area contributed by atoms with Crippen LogP contribution in [0.15, 0.2) is 54.6 Å². The van der Waals surface area contributed by atoms with Crippen LogP contribution in [0.3, 0.4) is 0 Å². The molecule has 3 N–H and O–H groups in total. The van der Waals surface area contributed by atoms with Crippen molar-refractivity contribution in [1.29, 1.82) is 0 Å². The zero-order valence-corrected chi connectivity index (χ0v) is 17.8. The van der Waals surface area contributed by atoms with E-state index in [1.807, 2.05) is 48.5 Å². The van der Waals surface area contributed by atoms with Crippen LogP contribution < -0.4 is 15.6 Å². The maximum atomic E-state index is 12.7. The third-order valence-electron chi connectivity index (χ3n) is 4.32. The van der Waals surface area contributed by atoms with E-state index in [1.54, 1.807) is 33.9 Å². The Kier molecular flexibility index (Phi) is 8.38. The third-order valence-corrected chi connectivity index (χ3v) is 4.32. The first-order chi connectivity index (χ1) is 14.2. The van der Waals surface area contributed by atoms with Crippen LogP contribution >= 0.6 is 0 Å². The normalized spacial score (nSPS) is 13.3. The molecule has 7 nitrogen and oxygen atoms in total. The molecule has 0 aliphatic rings. The summed E-state index contributed by atoms with van der Waals surface area (Å²) in [6, 6.07) is 15.0. The highest BCUT2D eigenvalue weighted by Crippen LogP contribution is 2.19. The van der Waals surface area contributed by atoms with Crippen molar-refractivity contribution >= 4 is 11.9 Å². The molecule has 0 aliphatic heterocycles. The van der Waals surface area contributed by atoms with Crippen molar-refractivity contribution in [2.45, 2.75) is 51.3 Å². The molecule has 1 unspecified atom stereocenters. The average Bonchev–Trinajstić information content (AvgIpc) is 2.69. The Bertz CT molecular complexity index is 833. The number of hydrogen-bond donors (Lipinski definition) is 3. The van der Waals surface area contributed by atoms with Gasteiger partial charge in [0.25, 0.3) is 0 Å². The number of hydrazine groups is 1. The molecular weight excluding hydrogens is 384 g/mol. The maximum Gasteiger partial charge on any atom is 0.325 e. The van der Waals surface area contributed by atoms with Crippen LogP contribution in [0.4, 0.5) is 0 Å². The van der Waals surface area contributed by atoms with E-state index >= 15 is 0 Å². The lowest BCUT2D eigenvalue weighted by atomic mass is 10.0. The first kappa shape index (κ1) is 23.4. The van der Waals surface area contributed by atoms with Gasteiger partial charge >= 0.3 is 11.9 Å². The lowest BCUT2D eigenvalue weighted by Gasteiger charge is -2.26. The Morgan fingerprint density at radius 2 is 1.53 bits per heavy atom. The minimum atomic E-state index is -1.05. The van der Waals surface area contributed by atoms with Crippen LogP contribution in [0, 0.1) is 0 Å². The molecular formula is C23H30N2O5. The minimum absolute atomic E-state index is 0.179. The van der Waals surface area contributed by atoms with Crippen molar-refractivity contribution in [2.75, 3.05) is 7.11 Å². The predicted octanol–water partition coefficient (Wildman–Crippen LogP) is 2.74. The number of methoxy groups -OCH3 is 1. The van der Waals surface area contributed by atoms with Gasteiger partial charge in [0.1, 0.15) is 23.4 Å². The number of carbonyl (C=O) groups is 2. The van der Waals surface area contributed by atoms with Crippen LogP contribution in [0.5, 0.6) is 5.75 Å². The molecule has 2 atom stereocenters. The first-order valence-corrected chi connectivity index (χ1v) is 9.82. The monoisotopic (exact) mass is 414 g/mol. The van der Waals surface area contributed by atoms with Crippen molar-refractivity contribution in [3.05, 3.63) is 65.7 Å². The highest BCUT2D eigenvalue weighted by atomic mass is 16.6. The number of para-hydroxylation sites is 1. The molecule has 0 fully saturated rings. The van der Waals surface area contributed by atoms with Crippen molar-refractivity contribution in [2.24, 2.45) is 0 Å². The van der Waals surface area contributed by atoms with E-state index in [9.17, 15) is 14.7 Å². The molecule has 30 heavy (non-hydrogen) atoms. The topological polar surface area (TPSA) is 96.9 Å². The third kappa shape index (κ3) is 7.50. The van der Waals surface area contributed by atoms with Gasteiger partial charge in [-0.3, -0.25) is 9.59 Å². The molecule has 0 heterocycles. The second-order valence-electron chi connectivity index (χ2n) is 7.97. The molecule has 0 aliphatic carbocycles. The molecule has 0 radical (unpaired) electrons. The largest absolute Gasteiger partial charge is 0.496 e. The van der Waals surface area contributed by atoms with Crippen LogP contribution in [-0.4, -0.2) is 41.8 Å². The van der Waals surface area contributed by atoms with Gasteiger partial charge in [-0.05, 0) is 44.4 Å². The van der Waals surface area contributed by atoms with E-state index in [0.717, 1.165) is 11.1 Å². The molecule has 0 spiro atoms. The maximum absolute atomic E-state index is 12.7. The average molecular weight is 415 g/mol. The van der Waals surface area contributed by atoms with E-state index in [2.05, 4.69) is 10.9 Å². The Labute approximate surface area is 177 Å². The van der Waals surface area contributed by atoms with Gasteiger partial charge < -0.3 is 14.6 Å². The smallest absolute Gasteiger partial charge is 0.325 e. The second kappa shape index (κ2) is 10.8. The second-order valence-corrected chi connectivity index (χ2v) is 7.97. The Hall–Kier alpha value is -2.90. The van der Waals surface area contributed by atoms with E-state index in [1.165, 1.54) is 0 Å². The van der Waals surface area contributed by atoms with Crippen LogP contribution in [0.25, 0.3) is 0 Å². The Morgan fingerprint density at radius 1 is 0.933 bits per heavy atom. The standard InChI is InChI=1S/C23H30N2O5/c1-23(2,3)30-22(28)19(14-16-10-6-5-7-11-16)25-24-18(21(26)27)15-17-12-8-9-13-20(17)29-4/h5-13,18-19,24-25H,14-15H2,1-4H3,(H,26,27)/t18-,19?/m0/s1. The fraction of sp³-hybridized carbons (Fsp3) is 0.391. The first-order valence-electron chi connectivity index (χ1n) is 9.82. The zero-order chi connectivity index (χ0) is 22.1. The van der Waals surface area contributed by atoms with Crippen LogP contribution in [0.1, 0.15) is 31.9 Å². The number of esters is 1. The summed E-state index contributed by atoms with van der Waals surface area (Å²) < 4.78 is 10.8. The number of carboxylic acid groups (broad SMARTS) is 1. The zero-order valence-electron chi connectivity index (χ0n) is 17.8. The van der Waals surface area contributed by atoms with Crippen LogP contribution in [-0.2, 0) is 27.2 Å². The lowest BCUT2D eigenvalue weighted by molar-refractivity contribution is -0.158. The summed E-state index contributed by atoms with van der Waals surface area (Å²) in [6.07, 6.45) is 0.530. The summed E-state index contributed by atoms with van der Waals surface area (Å²) in [5, 5.41) is 9.67. The van der Waals surface area contributed by atoms with Gasteiger partial charge in [-0.1, -0.05) is 48.5 Å². The van der Waals surface area contributed by atoms with Gasteiger partial charge in [-0.15, -0.1) is 0 Å². The molecule has 0 aromatic heterocycles. The van der Waals surface area contributed by atoms with Crippen molar-refractivity contribution < 1.29 is 24.2 Å². The summed E-state index contributed by atoms with van der Waals surface area (Å²) in [5.41, 5.74) is 6.71. The van der Waals surface area contributed by atoms with Gasteiger partial charge in [0.2, 0.25) is 0 Å². The SMILES string of the molecule is COc1ccccc1C[C@H](NNC(Cc1ccccc1)C(=O)OC(C)(C)C)C(=O)O. The fourth-order valence-electron chi connectivity index (χ4n) is 2.91. The number of hydrogen-bond acceptors (Lipinski definition) is 6. The molecule has 0 saturated carbocycles. The highest BCUT2D eigenvalue weighted by Gasteiger charge is 2.27. The van der Waals surface area contributed by atoms with E-state index in [4.69, 9.17) is 9.47 Å². The van der Waals surface area contributed by atoms with Gasteiger partial charge in [0.15, 0.2) is 0 Å². The molecule has 0 bridgehead atoms. The highest BCUT2D eigenvalue weighted by molar-refractivity contribution is 5.77. The Balaban J connectivity index is 2.13. The van der Waals surface area contributed by atoms with Crippen molar-refractivity contribution in [1.82, 2.24) is 10.9 Å². The van der Waals surface area contributed by atoms with Crippen molar-refractivity contribution in [3.63, 3.8) is 0 Å². The molecule has 0 saturated heterocycles. The van der Waals surface area contributed by atoms with Gasteiger partial charge in [-0.25, -0.2) is 10.9 Å². The molecule has 7 heteroatoms. The number of carbonyl (C=O) groups excluding carboxylic acids is 1. The lowest BCUT2D eigenvalue weighted by Crippen LogP contribution is -2.55. The Morgan fingerprint density at radius 3 is 2.13 bits per heavy atom. The van der Waals surface area contributed by atoms with Crippen LogP contribution in [0.2, 0.25) is 0 Å². The summed E-state index contributed by atoms with van der Waals surface area (Å²) in [5.74, 6) is -0.894. The summed E-state index contributed by atoms with van der Waals surface area (Å²) in [4.78, 5) is 24.5. The quantitative estimate of drug-likeness (QED) is 0.406.